The molecule has 1 heterocycles. The quantitative estimate of drug-likeness (QED) is 0.435. The normalized spacial score (nSPS) is 11.1. The lowest BCUT2D eigenvalue weighted by Gasteiger charge is -1.98. The predicted molar refractivity (Wildman–Crippen MR) is 57.5 cm³/mol. The Morgan fingerprint density at radius 1 is 1.65 bits per heavy atom. The van der Waals surface area contributed by atoms with E-state index in [1.165, 1.54) is 0 Å². The smallest absolute Gasteiger partial charge is 0.344 e. The first-order valence-corrected chi connectivity index (χ1v) is 6.73. The second-order valence-electron chi connectivity index (χ2n) is 2.87. The number of ether oxygens (including phenoxy) is 1. The highest BCUT2D eigenvalue weighted by molar-refractivity contribution is 7.93. The van der Waals surface area contributed by atoms with E-state index in [0.717, 1.165) is 13.3 Å². The van der Waals surface area contributed by atoms with E-state index in [9.17, 15) is 23.3 Å². The van der Waals surface area contributed by atoms with Gasteiger partial charge in [-0.15, -0.1) is 0 Å². The Balaban J connectivity index is 2.82. The highest BCUT2D eigenvalue weighted by Crippen LogP contribution is 2.25. The molecule has 1 aromatic rings. The molecule has 0 amide bonds. The van der Waals surface area contributed by atoms with Crippen LogP contribution in [0.2, 0.25) is 0 Å². The van der Waals surface area contributed by atoms with Gasteiger partial charge in [-0.05, 0) is 11.3 Å². The maximum atomic E-state index is 11.6. The largest absolute Gasteiger partial charge is 0.469 e. The number of esters is 1. The standard InChI is InChI=1S/C7H8N2O6S2/c1-15-6(10)2-3-17(13,14)7-8-4-5(16-7)9(11)12/h4H,2-3H2,1H3. The van der Waals surface area contributed by atoms with Crippen molar-refractivity contribution in [2.24, 2.45) is 0 Å². The number of hydrogen-bond acceptors (Lipinski definition) is 8. The maximum Gasteiger partial charge on any atom is 0.344 e. The average molecular weight is 280 g/mol. The van der Waals surface area contributed by atoms with E-state index >= 15 is 0 Å². The third kappa shape index (κ3) is 3.46. The number of carbonyl (C=O) groups is 1. The number of hydrogen-bond donors (Lipinski definition) is 0. The lowest BCUT2D eigenvalue weighted by molar-refractivity contribution is -0.380. The summed E-state index contributed by atoms with van der Waals surface area (Å²) < 4.78 is 27.1. The summed E-state index contributed by atoms with van der Waals surface area (Å²) in [5.41, 5.74) is 0. The topological polar surface area (TPSA) is 116 Å². The fourth-order valence-corrected chi connectivity index (χ4v) is 3.19. The van der Waals surface area contributed by atoms with Gasteiger partial charge in [0.25, 0.3) is 0 Å². The van der Waals surface area contributed by atoms with E-state index in [0.29, 0.717) is 11.3 Å². The van der Waals surface area contributed by atoms with E-state index < -0.39 is 26.5 Å². The van der Waals surface area contributed by atoms with Gasteiger partial charge in [-0.3, -0.25) is 14.9 Å². The van der Waals surface area contributed by atoms with Crippen LogP contribution in [-0.4, -0.2) is 37.2 Å². The van der Waals surface area contributed by atoms with Crippen molar-refractivity contribution in [2.75, 3.05) is 12.9 Å². The van der Waals surface area contributed by atoms with E-state index in [1.54, 1.807) is 0 Å². The number of aromatic nitrogens is 1. The van der Waals surface area contributed by atoms with Crippen molar-refractivity contribution in [3.63, 3.8) is 0 Å². The Kier molecular flexibility index (Phi) is 4.12. The predicted octanol–water partition coefficient (Wildman–Crippen LogP) is 0.388. The molecule has 0 atom stereocenters. The van der Waals surface area contributed by atoms with Crippen LogP contribution in [0.4, 0.5) is 5.00 Å². The van der Waals surface area contributed by atoms with E-state index in [2.05, 4.69) is 9.72 Å². The zero-order chi connectivity index (χ0) is 13.1. The Bertz CT molecular complexity index is 534. The zero-order valence-corrected chi connectivity index (χ0v) is 10.3. The summed E-state index contributed by atoms with van der Waals surface area (Å²) in [7, 11) is -2.63. The fraction of sp³-hybridized carbons (Fsp3) is 0.429. The molecule has 8 nitrogen and oxygen atoms in total. The molecule has 0 saturated carbocycles. The highest BCUT2D eigenvalue weighted by Gasteiger charge is 2.23. The van der Waals surface area contributed by atoms with Crippen molar-refractivity contribution in [3.05, 3.63) is 16.3 Å². The Hall–Kier alpha value is -1.55. The molecule has 1 rings (SSSR count). The van der Waals surface area contributed by atoms with Crippen molar-refractivity contribution < 1.29 is 22.9 Å². The summed E-state index contributed by atoms with van der Waals surface area (Å²) in [6.45, 7) is 0. The second-order valence-corrected chi connectivity index (χ2v) is 6.16. The maximum absolute atomic E-state index is 11.6. The molecule has 0 aromatic carbocycles. The van der Waals surface area contributed by atoms with Crippen LogP contribution in [0.5, 0.6) is 0 Å². The molecule has 0 radical (unpaired) electrons. The Labute approximate surface area is 100 Å². The van der Waals surface area contributed by atoms with Crippen LogP contribution in [0.15, 0.2) is 10.5 Å². The number of methoxy groups -OCH3 is 1. The molecular weight excluding hydrogens is 272 g/mol. The third-order valence-corrected chi connectivity index (χ3v) is 4.86. The molecule has 0 saturated heterocycles. The molecule has 10 heteroatoms. The van der Waals surface area contributed by atoms with Crippen LogP contribution in [0.3, 0.4) is 0 Å². The minimum Gasteiger partial charge on any atom is -0.469 e. The SMILES string of the molecule is COC(=O)CCS(=O)(=O)c1ncc([N+](=O)[O-])s1. The van der Waals surface area contributed by atoms with Gasteiger partial charge in [0.05, 0.1) is 24.2 Å². The molecule has 0 aliphatic heterocycles. The fourth-order valence-electron chi connectivity index (χ4n) is 0.885. The highest BCUT2D eigenvalue weighted by atomic mass is 32.2. The first-order valence-electron chi connectivity index (χ1n) is 4.26. The number of nitro groups is 1. The molecule has 0 fully saturated rings. The monoisotopic (exact) mass is 280 g/mol. The van der Waals surface area contributed by atoms with Crippen molar-refractivity contribution in [1.29, 1.82) is 0 Å². The molecule has 94 valence electrons. The van der Waals surface area contributed by atoms with Gasteiger partial charge in [0.15, 0.2) is 0 Å². The molecule has 0 aliphatic carbocycles. The lowest BCUT2D eigenvalue weighted by atomic mass is 10.5. The van der Waals surface area contributed by atoms with E-state index in [1.807, 2.05) is 0 Å². The van der Waals surface area contributed by atoms with Gasteiger partial charge in [-0.1, -0.05) is 0 Å². The summed E-state index contributed by atoms with van der Waals surface area (Å²) in [4.78, 5) is 23.9. The zero-order valence-electron chi connectivity index (χ0n) is 8.65. The summed E-state index contributed by atoms with van der Waals surface area (Å²) in [5.74, 6) is -1.15. The molecule has 0 aliphatic rings. The molecule has 0 spiro atoms. The number of rotatable bonds is 5. The number of nitrogens with zero attached hydrogens (tertiary/aromatic N) is 2. The van der Waals surface area contributed by atoms with Gasteiger partial charge in [-0.25, -0.2) is 13.4 Å². The summed E-state index contributed by atoms with van der Waals surface area (Å²) in [5, 5.41) is 10.0. The number of carbonyl (C=O) groups excluding carboxylic acids is 1. The first kappa shape index (κ1) is 13.5. The van der Waals surface area contributed by atoms with Gasteiger partial charge in [-0.2, -0.15) is 0 Å². The third-order valence-electron chi connectivity index (χ3n) is 1.72. The van der Waals surface area contributed by atoms with Crippen LogP contribution in [-0.2, 0) is 19.4 Å². The van der Waals surface area contributed by atoms with Crippen LogP contribution >= 0.6 is 11.3 Å². The summed E-state index contributed by atoms with van der Waals surface area (Å²) in [6, 6.07) is 0. The Morgan fingerprint density at radius 3 is 2.76 bits per heavy atom. The van der Waals surface area contributed by atoms with Gasteiger partial charge >= 0.3 is 11.0 Å². The van der Waals surface area contributed by atoms with E-state index in [4.69, 9.17) is 0 Å². The van der Waals surface area contributed by atoms with Gasteiger partial charge in [0.2, 0.25) is 14.2 Å². The minimum absolute atomic E-state index is 0.313. The van der Waals surface area contributed by atoms with Crippen molar-refractivity contribution in [2.45, 2.75) is 10.8 Å². The van der Waals surface area contributed by atoms with Crippen molar-refractivity contribution in [1.82, 2.24) is 4.98 Å². The summed E-state index contributed by atoms with van der Waals surface area (Å²) in [6.07, 6.45) is 0.557. The van der Waals surface area contributed by atoms with Gasteiger partial charge in [0, 0.05) is 0 Å². The van der Waals surface area contributed by atoms with Crippen LogP contribution in [0.25, 0.3) is 0 Å². The molecule has 0 unspecified atom stereocenters. The van der Waals surface area contributed by atoms with E-state index in [-0.39, 0.29) is 15.8 Å². The Morgan fingerprint density at radius 2 is 2.29 bits per heavy atom. The average Bonchev–Trinajstić information content (AvgIpc) is 2.76. The van der Waals surface area contributed by atoms with Crippen molar-refractivity contribution >= 4 is 32.1 Å². The van der Waals surface area contributed by atoms with Crippen LogP contribution < -0.4 is 0 Å². The van der Waals surface area contributed by atoms with Crippen molar-refractivity contribution in [3.8, 4) is 0 Å². The van der Waals surface area contributed by atoms with Crippen LogP contribution in [0, 0.1) is 10.1 Å². The van der Waals surface area contributed by atoms with Crippen LogP contribution in [0.1, 0.15) is 6.42 Å². The molecule has 0 N–H and O–H groups in total. The minimum atomic E-state index is -3.78. The lowest BCUT2D eigenvalue weighted by Crippen LogP contribution is -2.12. The number of sulfone groups is 1. The summed E-state index contributed by atoms with van der Waals surface area (Å²) >= 11 is 0.457. The molecule has 17 heavy (non-hydrogen) atoms. The second kappa shape index (κ2) is 5.19. The molecular formula is C7H8N2O6S2. The molecule has 1 aromatic heterocycles. The molecule has 0 bridgehead atoms. The van der Waals surface area contributed by atoms with Gasteiger partial charge < -0.3 is 4.74 Å². The number of thiazole rings is 1. The first-order chi connectivity index (χ1) is 7.86. The van der Waals surface area contributed by atoms with Gasteiger partial charge in [0.1, 0.15) is 6.20 Å².